The number of rotatable bonds is 4. The van der Waals surface area contributed by atoms with E-state index in [1.807, 2.05) is 6.07 Å². The third kappa shape index (κ3) is 2.83. The van der Waals surface area contributed by atoms with E-state index in [1.165, 1.54) is 12.3 Å². The lowest BCUT2D eigenvalue weighted by Crippen LogP contribution is -2.42. The van der Waals surface area contributed by atoms with Crippen LogP contribution in [0.25, 0.3) is 0 Å². The van der Waals surface area contributed by atoms with Crippen LogP contribution in [0.1, 0.15) is 12.5 Å². The predicted octanol–water partition coefficient (Wildman–Crippen LogP) is 0.762. The van der Waals surface area contributed by atoms with Gasteiger partial charge < -0.3 is 15.5 Å². The molecule has 0 fully saturated rings. The van der Waals surface area contributed by atoms with Gasteiger partial charge in [0.15, 0.2) is 0 Å². The SMILES string of the molecule is CC(CO)(CO)Nc1ncc(C#N)cc1Cl. The van der Waals surface area contributed by atoms with Crippen LogP contribution in [0.3, 0.4) is 0 Å². The molecule has 0 radical (unpaired) electrons. The molecule has 5 nitrogen and oxygen atoms in total. The van der Waals surface area contributed by atoms with Crippen LogP contribution in [-0.2, 0) is 0 Å². The molecule has 0 spiro atoms. The van der Waals surface area contributed by atoms with Gasteiger partial charge in [0.1, 0.15) is 11.9 Å². The molecule has 86 valence electrons. The summed E-state index contributed by atoms with van der Waals surface area (Å²) in [7, 11) is 0. The number of pyridine rings is 1. The van der Waals surface area contributed by atoms with Crippen LogP contribution in [0, 0.1) is 11.3 Å². The van der Waals surface area contributed by atoms with E-state index in [2.05, 4.69) is 10.3 Å². The number of aliphatic hydroxyl groups excluding tert-OH is 2. The Morgan fingerprint density at radius 3 is 2.62 bits per heavy atom. The van der Waals surface area contributed by atoms with E-state index in [9.17, 15) is 0 Å². The van der Waals surface area contributed by atoms with Gasteiger partial charge in [-0.15, -0.1) is 0 Å². The lowest BCUT2D eigenvalue weighted by atomic mass is 10.1. The van der Waals surface area contributed by atoms with Crippen molar-refractivity contribution in [3.8, 4) is 6.07 Å². The quantitative estimate of drug-likeness (QED) is 0.724. The summed E-state index contributed by atoms with van der Waals surface area (Å²) < 4.78 is 0. The molecule has 16 heavy (non-hydrogen) atoms. The summed E-state index contributed by atoms with van der Waals surface area (Å²) in [6.07, 6.45) is 1.36. The number of aromatic nitrogens is 1. The molecule has 0 aliphatic carbocycles. The molecule has 6 heteroatoms. The van der Waals surface area contributed by atoms with Crippen LogP contribution in [-0.4, -0.2) is 33.9 Å². The van der Waals surface area contributed by atoms with Crippen molar-refractivity contribution < 1.29 is 10.2 Å². The Hall–Kier alpha value is -1.35. The standard InChI is InChI=1S/C10H12ClN3O2/c1-10(5-15,6-16)14-9-8(11)2-7(3-12)4-13-9/h2,4,15-16H,5-6H2,1H3,(H,13,14). The molecule has 1 aromatic rings. The summed E-state index contributed by atoms with van der Waals surface area (Å²) in [5, 5.41) is 29.9. The van der Waals surface area contributed by atoms with Crippen molar-refractivity contribution >= 4 is 17.4 Å². The van der Waals surface area contributed by atoms with E-state index in [1.54, 1.807) is 6.92 Å². The first-order valence-corrected chi connectivity index (χ1v) is 4.98. The Balaban J connectivity index is 2.94. The van der Waals surface area contributed by atoms with Gasteiger partial charge in [0.2, 0.25) is 0 Å². The number of nitrogens with one attached hydrogen (secondary N) is 1. The van der Waals surface area contributed by atoms with Gasteiger partial charge in [-0.25, -0.2) is 4.98 Å². The predicted molar refractivity (Wildman–Crippen MR) is 60.2 cm³/mol. The van der Waals surface area contributed by atoms with Gasteiger partial charge in [-0.1, -0.05) is 11.6 Å². The van der Waals surface area contributed by atoms with E-state index < -0.39 is 5.54 Å². The van der Waals surface area contributed by atoms with Crippen molar-refractivity contribution in [3.05, 3.63) is 22.8 Å². The van der Waals surface area contributed by atoms with E-state index in [0.29, 0.717) is 11.4 Å². The molecular formula is C10H12ClN3O2. The zero-order chi connectivity index (χ0) is 12.2. The second-order valence-electron chi connectivity index (χ2n) is 3.67. The second kappa shape index (κ2) is 5.12. The summed E-state index contributed by atoms with van der Waals surface area (Å²) in [4.78, 5) is 3.94. The average Bonchev–Trinajstić information content (AvgIpc) is 2.31. The molecule has 1 heterocycles. The van der Waals surface area contributed by atoms with E-state index in [4.69, 9.17) is 27.1 Å². The lowest BCUT2D eigenvalue weighted by molar-refractivity contribution is 0.147. The third-order valence-electron chi connectivity index (χ3n) is 2.09. The van der Waals surface area contributed by atoms with Crippen LogP contribution in [0.15, 0.2) is 12.3 Å². The van der Waals surface area contributed by atoms with Crippen LogP contribution in [0.5, 0.6) is 0 Å². The Morgan fingerprint density at radius 2 is 2.19 bits per heavy atom. The number of hydrogen-bond acceptors (Lipinski definition) is 5. The Morgan fingerprint density at radius 1 is 1.56 bits per heavy atom. The van der Waals surface area contributed by atoms with Crippen molar-refractivity contribution in [2.24, 2.45) is 0 Å². The normalized spacial score (nSPS) is 10.9. The maximum Gasteiger partial charge on any atom is 0.145 e. The fraction of sp³-hybridized carbons (Fsp3) is 0.400. The van der Waals surface area contributed by atoms with Crippen LogP contribution >= 0.6 is 11.6 Å². The van der Waals surface area contributed by atoms with Crippen molar-refractivity contribution in [2.45, 2.75) is 12.5 Å². The van der Waals surface area contributed by atoms with Gasteiger partial charge in [-0.2, -0.15) is 5.26 Å². The first kappa shape index (κ1) is 12.7. The maximum absolute atomic E-state index is 9.09. The van der Waals surface area contributed by atoms with Gasteiger partial charge in [0.05, 0.1) is 29.3 Å². The van der Waals surface area contributed by atoms with Crippen molar-refractivity contribution in [1.82, 2.24) is 4.98 Å². The first-order chi connectivity index (χ1) is 7.54. The molecule has 0 amide bonds. The van der Waals surface area contributed by atoms with Crippen molar-refractivity contribution in [1.29, 1.82) is 5.26 Å². The highest BCUT2D eigenvalue weighted by Gasteiger charge is 2.23. The molecule has 0 unspecified atom stereocenters. The fourth-order valence-electron chi connectivity index (χ4n) is 1.01. The maximum atomic E-state index is 9.09. The highest BCUT2D eigenvalue weighted by atomic mass is 35.5. The average molecular weight is 242 g/mol. The number of halogens is 1. The Kier molecular flexibility index (Phi) is 4.07. The molecular weight excluding hydrogens is 230 g/mol. The Labute approximate surface area is 98.3 Å². The van der Waals surface area contributed by atoms with E-state index in [0.717, 1.165) is 0 Å². The minimum absolute atomic E-state index is 0.262. The second-order valence-corrected chi connectivity index (χ2v) is 4.08. The molecule has 1 aromatic heterocycles. The van der Waals surface area contributed by atoms with Crippen LogP contribution in [0.2, 0.25) is 5.02 Å². The summed E-state index contributed by atoms with van der Waals surface area (Å²) in [5.74, 6) is 0.325. The monoisotopic (exact) mass is 241 g/mol. The smallest absolute Gasteiger partial charge is 0.145 e. The topological polar surface area (TPSA) is 89.2 Å². The molecule has 1 rings (SSSR count). The van der Waals surface area contributed by atoms with Crippen molar-refractivity contribution in [2.75, 3.05) is 18.5 Å². The summed E-state index contributed by atoms with van der Waals surface area (Å²) >= 11 is 5.89. The minimum atomic E-state index is -0.898. The number of nitriles is 1. The summed E-state index contributed by atoms with van der Waals surface area (Å²) in [6.45, 7) is 1.10. The third-order valence-corrected chi connectivity index (χ3v) is 2.38. The largest absolute Gasteiger partial charge is 0.394 e. The highest BCUT2D eigenvalue weighted by Crippen LogP contribution is 2.22. The Bertz CT molecular complexity index is 413. The fourth-order valence-corrected chi connectivity index (χ4v) is 1.22. The zero-order valence-electron chi connectivity index (χ0n) is 8.74. The van der Waals surface area contributed by atoms with E-state index >= 15 is 0 Å². The van der Waals surface area contributed by atoms with Gasteiger partial charge >= 0.3 is 0 Å². The minimum Gasteiger partial charge on any atom is -0.394 e. The molecule has 0 saturated heterocycles. The van der Waals surface area contributed by atoms with Crippen LogP contribution in [0.4, 0.5) is 5.82 Å². The van der Waals surface area contributed by atoms with Crippen LogP contribution < -0.4 is 5.32 Å². The lowest BCUT2D eigenvalue weighted by Gasteiger charge is -2.27. The number of anilines is 1. The molecule has 0 bridgehead atoms. The molecule has 0 aliphatic rings. The van der Waals surface area contributed by atoms with Gasteiger partial charge in [0.25, 0.3) is 0 Å². The highest BCUT2D eigenvalue weighted by molar-refractivity contribution is 6.33. The molecule has 0 atom stereocenters. The molecule has 0 saturated carbocycles. The first-order valence-electron chi connectivity index (χ1n) is 4.60. The summed E-state index contributed by atoms with van der Waals surface area (Å²) in [5.41, 5.74) is -0.546. The number of hydrogen-bond donors (Lipinski definition) is 3. The van der Waals surface area contributed by atoms with Gasteiger partial charge in [-0.3, -0.25) is 0 Å². The summed E-state index contributed by atoms with van der Waals surface area (Å²) in [6, 6.07) is 3.38. The molecule has 0 aromatic carbocycles. The zero-order valence-corrected chi connectivity index (χ0v) is 9.49. The van der Waals surface area contributed by atoms with Crippen molar-refractivity contribution in [3.63, 3.8) is 0 Å². The van der Waals surface area contributed by atoms with Gasteiger partial charge in [-0.05, 0) is 13.0 Å². The number of nitrogens with zero attached hydrogens (tertiary/aromatic N) is 2. The van der Waals surface area contributed by atoms with E-state index in [-0.39, 0.29) is 18.2 Å². The molecule has 3 N–H and O–H groups in total. The number of aliphatic hydroxyl groups is 2. The molecule has 0 aliphatic heterocycles. The van der Waals surface area contributed by atoms with Gasteiger partial charge in [0, 0.05) is 6.20 Å².